The first-order valence-electron chi connectivity index (χ1n) is 7.71. The second-order valence-electron chi connectivity index (χ2n) is 5.98. The van der Waals surface area contributed by atoms with Crippen LogP contribution in [0, 0.1) is 11.7 Å². The first kappa shape index (κ1) is 18.8. The maximum Gasteiger partial charge on any atom is 0.437 e. The minimum atomic E-state index is -5.36. The predicted molar refractivity (Wildman–Crippen MR) is 83.9 cm³/mol. The van der Waals surface area contributed by atoms with Crippen LogP contribution in [0.25, 0.3) is 0 Å². The summed E-state index contributed by atoms with van der Waals surface area (Å²) >= 11 is 0. The monoisotopic (exact) mass is 383 g/mol. The number of urea groups is 1. The van der Waals surface area contributed by atoms with Crippen molar-refractivity contribution in [3.8, 4) is 0 Å². The van der Waals surface area contributed by atoms with Gasteiger partial charge in [-0.25, -0.2) is 9.18 Å². The van der Waals surface area contributed by atoms with E-state index in [4.69, 9.17) is 0 Å². The average molecular weight is 383 g/mol. The number of carbonyl (C=O) groups excluding carboxylic acids is 2. The molecule has 2 amide bonds. The van der Waals surface area contributed by atoms with E-state index in [9.17, 15) is 32.3 Å². The molecule has 27 heavy (non-hydrogen) atoms. The molecule has 0 radical (unpaired) electrons. The summed E-state index contributed by atoms with van der Waals surface area (Å²) in [6, 6.07) is 3.79. The van der Waals surface area contributed by atoms with Gasteiger partial charge in [-0.05, 0) is 35.9 Å². The molecule has 2 heterocycles. The van der Waals surface area contributed by atoms with Crippen molar-refractivity contribution in [2.24, 2.45) is 5.92 Å². The van der Waals surface area contributed by atoms with E-state index in [1.165, 1.54) is 29.8 Å². The Morgan fingerprint density at radius 2 is 1.85 bits per heavy atom. The number of aliphatic hydroxyl groups is 1. The molecule has 0 aliphatic carbocycles. The van der Waals surface area contributed by atoms with Crippen LogP contribution >= 0.6 is 0 Å². The Hall–Kier alpha value is -3.01. The van der Waals surface area contributed by atoms with E-state index < -0.39 is 41.5 Å². The number of hydrogen-bond donors (Lipinski definition) is 3. The van der Waals surface area contributed by atoms with Crippen LogP contribution in [0.4, 0.5) is 22.4 Å². The third-order valence-electron chi connectivity index (χ3n) is 4.26. The van der Waals surface area contributed by atoms with Gasteiger partial charge in [0, 0.05) is 18.0 Å². The van der Waals surface area contributed by atoms with Gasteiger partial charge in [0.05, 0.1) is 6.04 Å². The summed E-state index contributed by atoms with van der Waals surface area (Å²) in [5, 5.41) is 14.0. The number of amides is 2. The number of nitrogens with zero attached hydrogens (tertiary/aromatic N) is 1. The maximum absolute atomic E-state index is 13.7. The zero-order chi connectivity index (χ0) is 19.8. The Labute approximate surface area is 150 Å². The quantitative estimate of drug-likeness (QED) is 0.561. The van der Waals surface area contributed by atoms with Gasteiger partial charge in [-0.2, -0.15) is 13.2 Å². The molecule has 1 aliphatic heterocycles. The smallest absolute Gasteiger partial charge is 0.363 e. The van der Waals surface area contributed by atoms with Crippen LogP contribution in [0.5, 0.6) is 0 Å². The molecule has 1 aromatic carbocycles. The SMILES string of the molecule is O=C1N[C@H](c2cccnc2)[C@@H](C(=O)c2ccc(F)cc2)[C@](O)(C(F)(F)F)N1. The summed E-state index contributed by atoms with van der Waals surface area (Å²) in [6.45, 7) is 0. The Bertz CT molecular complexity index is 858. The molecular weight excluding hydrogens is 370 g/mol. The third kappa shape index (κ3) is 3.35. The van der Waals surface area contributed by atoms with Crippen LogP contribution < -0.4 is 10.6 Å². The Morgan fingerprint density at radius 1 is 1.19 bits per heavy atom. The highest BCUT2D eigenvalue weighted by Gasteiger charge is 2.66. The lowest BCUT2D eigenvalue weighted by atomic mass is 9.77. The number of carbonyl (C=O) groups is 2. The molecule has 1 saturated heterocycles. The number of ketones is 1. The molecule has 10 heteroatoms. The number of Topliss-reactive ketones (excluding diaryl/α,β-unsaturated/α-hetero) is 1. The number of benzene rings is 1. The van der Waals surface area contributed by atoms with Gasteiger partial charge in [0.25, 0.3) is 0 Å². The van der Waals surface area contributed by atoms with Crippen LogP contribution in [0.2, 0.25) is 0 Å². The number of aromatic nitrogens is 1. The number of alkyl halides is 3. The number of pyridine rings is 1. The van der Waals surface area contributed by atoms with E-state index in [0.29, 0.717) is 0 Å². The van der Waals surface area contributed by atoms with Gasteiger partial charge in [-0.3, -0.25) is 9.78 Å². The van der Waals surface area contributed by atoms with Crippen molar-refractivity contribution < 1.29 is 32.3 Å². The first-order valence-corrected chi connectivity index (χ1v) is 7.71. The van der Waals surface area contributed by atoms with E-state index in [0.717, 1.165) is 24.3 Å². The van der Waals surface area contributed by atoms with Crippen molar-refractivity contribution in [2.75, 3.05) is 0 Å². The van der Waals surface area contributed by atoms with Crippen LogP contribution in [-0.4, -0.2) is 33.8 Å². The highest BCUT2D eigenvalue weighted by atomic mass is 19.4. The molecule has 0 spiro atoms. The molecule has 3 N–H and O–H groups in total. The summed E-state index contributed by atoms with van der Waals surface area (Å²) in [5.74, 6) is -3.99. The molecule has 2 aromatic rings. The topological polar surface area (TPSA) is 91.3 Å². The standard InChI is InChI=1S/C17H13F4N3O3/c18-11-5-3-9(4-6-11)14(25)12-13(10-2-1-7-22-8-10)23-15(26)24-16(12,27)17(19,20)21/h1-8,12-13,27H,(H2,23,24,26)/t12-,13+,16-/m0/s1. The molecule has 0 bridgehead atoms. The molecule has 0 unspecified atom stereocenters. The predicted octanol–water partition coefficient (Wildman–Crippen LogP) is 2.32. The van der Waals surface area contributed by atoms with Crippen molar-refractivity contribution in [3.05, 3.63) is 65.7 Å². The van der Waals surface area contributed by atoms with Gasteiger partial charge >= 0.3 is 12.2 Å². The summed E-state index contributed by atoms with van der Waals surface area (Å²) in [4.78, 5) is 28.4. The summed E-state index contributed by atoms with van der Waals surface area (Å²) in [6.07, 6.45) is -2.82. The normalized spacial score (nSPS) is 25.4. The average Bonchev–Trinajstić information content (AvgIpc) is 2.61. The van der Waals surface area contributed by atoms with Gasteiger partial charge in [0.1, 0.15) is 11.7 Å². The van der Waals surface area contributed by atoms with E-state index in [2.05, 4.69) is 10.3 Å². The number of rotatable bonds is 3. The molecule has 1 aromatic heterocycles. The van der Waals surface area contributed by atoms with Crippen molar-refractivity contribution in [1.82, 2.24) is 15.6 Å². The fourth-order valence-electron chi connectivity index (χ4n) is 2.97. The van der Waals surface area contributed by atoms with E-state index in [1.807, 2.05) is 0 Å². The van der Waals surface area contributed by atoms with Crippen LogP contribution in [0.15, 0.2) is 48.8 Å². The molecular formula is C17H13F4N3O3. The summed E-state index contributed by atoms with van der Waals surface area (Å²) < 4.78 is 54.1. The maximum atomic E-state index is 13.7. The van der Waals surface area contributed by atoms with E-state index in [1.54, 1.807) is 0 Å². The lowest BCUT2D eigenvalue weighted by molar-refractivity contribution is -0.287. The van der Waals surface area contributed by atoms with Crippen molar-refractivity contribution >= 4 is 11.8 Å². The van der Waals surface area contributed by atoms with Gasteiger partial charge < -0.3 is 15.7 Å². The minimum absolute atomic E-state index is 0.0930. The van der Waals surface area contributed by atoms with Gasteiger partial charge in [-0.15, -0.1) is 0 Å². The van der Waals surface area contributed by atoms with Crippen LogP contribution in [0.3, 0.4) is 0 Å². The first-order chi connectivity index (χ1) is 12.6. The van der Waals surface area contributed by atoms with Gasteiger partial charge in [0.15, 0.2) is 5.78 Å². The van der Waals surface area contributed by atoms with Crippen molar-refractivity contribution in [1.29, 1.82) is 0 Å². The lowest BCUT2D eigenvalue weighted by Gasteiger charge is -2.44. The van der Waals surface area contributed by atoms with Crippen LogP contribution in [-0.2, 0) is 0 Å². The van der Waals surface area contributed by atoms with Crippen LogP contribution in [0.1, 0.15) is 22.0 Å². The largest absolute Gasteiger partial charge is 0.437 e. The number of halogens is 4. The highest BCUT2D eigenvalue weighted by Crippen LogP contribution is 2.43. The van der Waals surface area contributed by atoms with E-state index in [-0.39, 0.29) is 11.1 Å². The molecule has 142 valence electrons. The summed E-state index contributed by atoms with van der Waals surface area (Å²) in [7, 11) is 0. The van der Waals surface area contributed by atoms with Gasteiger partial charge in [-0.1, -0.05) is 6.07 Å². The number of hydrogen-bond acceptors (Lipinski definition) is 4. The Morgan fingerprint density at radius 3 is 2.41 bits per heavy atom. The minimum Gasteiger partial charge on any atom is -0.363 e. The molecule has 3 atom stereocenters. The molecule has 1 fully saturated rings. The van der Waals surface area contributed by atoms with E-state index >= 15 is 0 Å². The van der Waals surface area contributed by atoms with Crippen molar-refractivity contribution in [2.45, 2.75) is 17.9 Å². The number of nitrogens with one attached hydrogen (secondary N) is 2. The zero-order valence-corrected chi connectivity index (χ0v) is 13.5. The summed E-state index contributed by atoms with van der Waals surface area (Å²) in [5.41, 5.74) is -3.99. The lowest BCUT2D eigenvalue weighted by Crippen LogP contribution is -2.72. The third-order valence-corrected chi connectivity index (χ3v) is 4.26. The molecule has 1 aliphatic rings. The van der Waals surface area contributed by atoms with Gasteiger partial charge in [0.2, 0.25) is 5.72 Å². The molecule has 3 rings (SSSR count). The molecule has 0 saturated carbocycles. The Balaban J connectivity index is 2.15. The fourth-order valence-corrected chi connectivity index (χ4v) is 2.97. The van der Waals surface area contributed by atoms with Crippen molar-refractivity contribution in [3.63, 3.8) is 0 Å². The Kier molecular flexibility index (Phi) is 4.60. The second-order valence-corrected chi connectivity index (χ2v) is 5.98. The molecule has 6 nitrogen and oxygen atoms in total. The zero-order valence-electron chi connectivity index (χ0n) is 13.5. The fraction of sp³-hybridized carbons (Fsp3) is 0.235. The highest BCUT2D eigenvalue weighted by molar-refractivity contribution is 6.00. The second kappa shape index (κ2) is 6.62.